The van der Waals surface area contributed by atoms with Crippen molar-refractivity contribution in [1.29, 1.82) is 0 Å². The summed E-state index contributed by atoms with van der Waals surface area (Å²) in [6.07, 6.45) is 0.373. The number of aromatic nitrogens is 1. The lowest BCUT2D eigenvalue weighted by atomic mass is 10.1. The van der Waals surface area contributed by atoms with E-state index in [0.717, 1.165) is 15.7 Å². The lowest BCUT2D eigenvalue weighted by Crippen LogP contribution is -2.06. The van der Waals surface area contributed by atoms with E-state index in [0.29, 0.717) is 12.1 Å². The molecular weight excluding hydrogens is 278 g/mol. The minimum Gasteiger partial charge on any atom is -0.292 e. The smallest absolute Gasteiger partial charge is 0.185 e. The second-order valence-corrected chi connectivity index (χ2v) is 4.71. The van der Waals surface area contributed by atoms with Gasteiger partial charge in [0.05, 0.1) is 0 Å². The molecule has 0 saturated heterocycles. The maximum Gasteiger partial charge on any atom is 0.185 e. The molecule has 3 heteroatoms. The number of benzene rings is 1. The molecule has 17 heavy (non-hydrogen) atoms. The summed E-state index contributed by atoms with van der Waals surface area (Å²) in [5, 5.41) is 0. The fraction of sp³-hybridized carbons (Fsp3) is 0.143. The number of rotatable bonds is 3. The Morgan fingerprint density at radius 3 is 2.65 bits per heavy atom. The first-order chi connectivity index (χ1) is 8.16. The van der Waals surface area contributed by atoms with Crippen LogP contribution in [-0.2, 0) is 6.42 Å². The van der Waals surface area contributed by atoms with Crippen molar-refractivity contribution in [2.75, 3.05) is 0 Å². The summed E-state index contributed by atoms with van der Waals surface area (Å²) in [6, 6.07) is 13.2. The highest BCUT2D eigenvalue weighted by molar-refractivity contribution is 9.10. The first-order valence-electron chi connectivity index (χ1n) is 5.37. The summed E-state index contributed by atoms with van der Waals surface area (Å²) >= 11 is 3.44. The third-order valence-electron chi connectivity index (χ3n) is 2.48. The average Bonchev–Trinajstić information content (AvgIpc) is 2.32. The first-order valence-corrected chi connectivity index (χ1v) is 6.16. The summed E-state index contributed by atoms with van der Waals surface area (Å²) in [4.78, 5) is 16.3. The molecule has 2 nitrogen and oxygen atoms in total. The molecule has 0 atom stereocenters. The van der Waals surface area contributed by atoms with Gasteiger partial charge in [-0.05, 0) is 30.7 Å². The number of carbonyl (C=O) groups excluding carboxylic acids is 1. The second-order valence-electron chi connectivity index (χ2n) is 3.86. The summed E-state index contributed by atoms with van der Waals surface area (Å²) in [6.45, 7) is 1.88. The van der Waals surface area contributed by atoms with Crippen LogP contribution in [-0.4, -0.2) is 10.8 Å². The number of hydrogen-bond donors (Lipinski definition) is 0. The maximum atomic E-state index is 12.0. The van der Waals surface area contributed by atoms with Crippen molar-refractivity contribution in [2.24, 2.45) is 0 Å². The Labute approximate surface area is 109 Å². The van der Waals surface area contributed by atoms with Crippen LogP contribution in [0.2, 0.25) is 0 Å². The van der Waals surface area contributed by atoms with Crippen molar-refractivity contribution in [3.63, 3.8) is 0 Å². The van der Waals surface area contributed by atoms with Gasteiger partial charge in [-0.3, -0.25) is 9.78 Å². The van der Waals surface area contributed by atoms with Crippen molar-refractivity contribution in [3.05, 3.63) is 63.9 Å². The Hall–Kier alpha value is -1.48. The van der Waals surface area contributed by atoms with Gasteiger partial charge in [0.1, 0.15) is 5.69 Å². The Bertz CT molecular complexity index is 551. The van der Waals surface area contributed by atoms with Crippen molar-refractivity contribution in [2.45, 2.75) is 13.3 Å². The standard InChI is InChI=1S/C14H12BrNO/c1-10-5-4-8-13(16-10)14(17)9-11-6-2-3-7-12(11)15/h2-8H,9H2,1H3. The average molecular weight is 290 g/mol. The van der Waals surface area contributed by atoms with Gasteiger partial charge >= 0.3 is 0 Å². The predicted molar refractivity (Wildman–Crippen MR) is 71.2 cm³/mol. The molecule has 0 unspecified atom stereocenters. The van der Waals surface area contributed by atoms with Crippen LogP contribution in [0.25, 0.3) is 0 Å². The normalized spacial score (nSPS) is 10.2. The fourth-order valence-corrected chi connectivity index (χ4v) is 2.03. The lowest BCUT2D eigenvalue weighted by Gasteiger charge is -2.03. The molecule has 0 saturated carbocycles. The van der Waals surface area contributed by atoms with E-state index in [1.165, 1.54) is 0 Å². The molecule has 0 radical (unpaired) electrons. The van der Waals surface area contributed by atoms with Gasteiger partial charge in [-0.25, -0.2) is 0 Å². The van der Waals surface area contributed by atoms with Crippen LogP contribution < -0.4 is 0 Å². The van der Waals surface area contributed by atoms with Gasteiger partial charge in [0.2, 0.25) is 0 Å². The molecule has 1 aromatic heterocycles. The van der Waals surface area contributed by atoms with E-state index < -0.39 is 0 Å². The summed E-state index contributed by atoms with van der Waals surface area (Å²) in [7, 11) is 0. The SMILES string of the molecule is Cc1cccc(C(=O)Cc2ccccc2Br)n1. The molecular formula is C14H12BrNO. The highest BCUT2D eigenvalue weighted by atomic mass is 79.9. The summed E-state index contributed by atoms with van der Waals surface area (Å²) < 4.78 is 0.959. The number of Topliss-reactive ketones (excluding diaryl/α,β-unsaturated/α-hetero) is 1. The predicted octanol–water partition coefficient (Wildman–Crippen LogP) is 3.58. The molecule has 0 bridgehead atoms. The van der Waals surface area contributed by atoms with Gasteiger partial charge < -0.3 is 0 Å². The molecule has 0 aliphatic rings. The van der Waals surface area contributed by atoms with Crippen LogP contribution in [0.5, 0.6) is 0 Å². The molecule has 2 aromatic rings. The third-order valence-corrected chi connectivity index (χ3v) is 3.26. The summed E-state index contributed by atoms with van der Waals surface area (Å²) in [5.41, 5.74) is 2.38. The molecule has 1 aromatic carbocycles. The Kier molecular flexibility index (Phi) is 3.69. The topological polar surface area (TPSA) is 30.0 Å². The van der Waals surface area contributed by atoms with Gasteiger partial charge in [-0.15, -0.1) is 0 Å². The zero-order chi connectivity index (χ0) is 12.3. The summed E-state index contributed by atoms with van der Waals surface area (Å²) in [5.74, 6) is 0.0422. The van der Waals surface area contributed by atoms with Gasteiger partial charge in [0.15, 0.2) is 5.78 Å². The molecule has 1 heterocycles. The Balaban J connectivity index is 2.20. The number of nitrogens with zero attached hydrogens (tertiary/aromatic N) is 1. The number of pyridine rings is 1. The molecule has 86 valence electrons. The number of halogens is 1. The van der Waals surface area contributed by atoms with E-state index in [4.69, 9.17) is 0 Å². The number of aryl methyl sites for hydroxylation is 1. The molecule has 0 amide bonds. The zero-order valence-electron chi connectivity index (χ0n) is 9.48. The number of carbonyl (C=O) groups is 1. The Morgan fingerprint density at radius 1 is 1.18 bits per heavy atom. The monoisotopic (exact) mass is 289 g/mol. The fourth-order valence-electron chi connectivity index (χ4n) is 1.60. The van der Waals surface area contributed by atoms with E-state index in [1.807, 2.05) is 43.3 Å². The molecule has 0 fully saturated rings. The van der Waals surface area contributed by atoms with E-state index in [2.05, 4.69) is 20.9 Å². The van der Waals surface area contributed by atoms with Gasteiger partial charge in [0, 0.05) is 16.6 Å². The second kappa shape index (κ2) is 5.23. The molecule has 0 aliphatic heterocycles. The third kappa shape index (κ3) is 3.01. The first kappa shape index (κ1) is 12.0. The highest BCUT2D eigenvalue weighted by Gasteiger charge is 2.10. The maximum absolute atomic E-state index is 12.0. The quantitative estimate of drug-likeness (QED) is 0.809. The molecule has 2 rings (SSSR count). The van der Waals surface area contributed by atoms with Crippen LogP contribution in [0.3, 0.4) is 0 Å². The van der Waals surface area contributed by atoms with E-state index in [9.17, 15) is 4.79 Å². The van der Waals surface area contributed by atoms with E-state index in [1.54, 1.807) is 6.07 Å². The van der Waals surface area contributed by atoms with Gasteiger partial charge in [0.25, 0.3) is 0 Å². The van der Waals surface area contributed by atoms with Crippen LogP contribution in [0.4, 0.5) is 0 Å². The van der Waals surface area contributed by atoms with Crippen molar-refractivity contribution in [1.82, 2.24) is 4.98 Å². The van der Waals surface area contributed by atoms with Crippen LogP contribution in [0.1, 0.15) is 21.7 Å². The molecule has 0 spiro atoms. The Morgan fingerprint density at radius 2 is 1.94 bits per heavy atom. The van der Waals surface area contributed by atoms with Crippen LogP contribution in [0, 0.1) is 6.92 Å². The van der Waals surface area contributed by atoms with E-state index in [-0.39, 0.29) is 5.78 Å². The van der Waals surface area contributed by atoms with E-state index >= 15 is 0 Å². The zero-order valence-corrected chi connectivity index (χ0v) is 11.1. The number of ketones is 1. The molecule has 0 N–H and O–H groups in total. The van der Waals surface area contributed by atoms with Crippen molar-refractivity contribution < 1.29 is 4.79 Å². The number of hydrogen-bond acceptors (Lipinski definition) is 2. The minimum atomic E-state index is 0.0422. The van der Waals surface area contributed by atoms with Gasteiger partial charge in [-0.1, -0.05) is 40.2 Å². The van der Waals surface area contributed by atoms with Crippen molar-refractivity contribution in [3.8, 4) is 0 Å². The minimum absolute atomic E-state index is 0.0422. The largest absolute Gasteiger partial charge is 0.292 e. The van der Waals surface area contributed by atoms with Crippen LogP contribution >= 0.6 is 15.9 Å². The van der Waals surface area contributed by atoms with Crippen LogP contribution in [0.15, 0.2) is 46.9 Å². The van der Waals surface area contributed by atoms with Crippen molar-refractivity contribution >= 4 is 21.7 Å². The highest BCUT2D eigenvalue weighted by Crippen LogP contribution is 2.17. The molecule has 0 aliphatic carbocycles. The lowest BCUT2D eigenvalue weighted by molar-refractivity contribution is 0.0988. The van der Waals surface area contributed by atoms with Gasteiger partial charge in [-0.2, -0.15) is 0 Å².